The Hall–Kier alpha value is -4.14. The van der Waals surface area contributed by atoms with Gasteiger partial charge in [-0.05, 0) is 38.8 Å². The first-order valence-corrected chi connectivity index (χ1v) is 12.0. The third-order valence-corrected chi connectivity index (χ3v) is 6.25. The maximum Gasteiger partial charge on any atom is 0.309 e. The van der Waals surface area contributed by atoms with Crippen molar-refractivity contribution in [3.05, 3.63) is 59.8 Å². The summed E-state index contributed by atoms with van der Waals surface area (Å²) in [6.07, 6.45) is 2.60. The molecule has 2 aliphatic heterocycles. The number of hydrogen-bond donors (Lipinski definition) is 0. The second-order valence-corrected chi connectivity index (χ2v) is 8.71. The van der Waals surface area contributed by atoms with Crippen LogP contribution in [0.2, 0.25) is 0 Å². The quantitative estimate of drug-likeness (QED) is 0.470. The Morgan fingerprint density at radius 3 is 2.56 bits per heavy atom. The molecular formula is C27H27N3O6. The zero-order chi connectivity index (χ0) is 25.1. The first kappa shape index (κ1) is 23.6. The molecule has 5 rings (SSSR count). The number of rotatable bonds is 6. The van der Waals surface area contributed by atoms with Crippen LogP contribution in [0.25, 0.3) is 11.4 Å². The Bertz CT molecular complexity index is 1270. The highest BCUT2D eigenvalue weighted by atomic mass is 16.7. The highest BCUT2D eigenvalue weighted by Crippen LogP contribution is 2.37. The van der Waals surface area contributed by atoms with Crippen LogP contribution >= 0.6 is 0 Å². The molecule has 0 aliphatic carbocycles. The smallest absolute Gasteiger partial charge is 0.309 e. The van der Waals surface area contributed by atoms with Crippen molar-refractivity contribution in [1.82, 2.24) is 14.9 Å². The van der Waals surface area contributed by atoms with Gasteiger partial charge < -0.3 is 23.8 Å². The van der Waals surface area contributed by atoms with Crippen molar-refractivity contribution in [1.29, 1.82) is 0 Å². The summed E-state index contributed by atoms with van der Waals surface area (Å²) in [5.74, 6) is 1.60. The minimum Gasteiger partial charge on any atom is -0.466 e. The number of likely N-dealkylation sites (tertiary alicyclic amines) is 1. The van der Waals surface area contributed by atoms with Gasteiger partial charge in [0.1, 0.15) is 11.3 Å². The molecule has 36 heavy (non-hydrogen) atoms. The molecular weight excluding hydrogens is 462 g/mol. The number of piperidine rings is 1. The van der Waals surface area contributed by atoms with Gasteiger partial charge in [-0.2, -0.15) is 4.98 Å². The second-order valence-electron chi connectivity index (χ2n) is 8.71. The van der Waals surface area contributed by atoms with Crippen LogP contribution in [0.15, 0.2) is 48.7 Å². The Labute approximate surface area is 209 Å². The van der Waals surface area contributed by atoms with Gasteiger partial charge >= 0.3 is 5.97 Å². The molecule has 0 bridgehead atoms. The number of carbonyl (C=O) groups excluding carboxylic acids is 2. The number of ether oxygens (including phenoxy) is 4. The van der Waals surface area contributed by atoms with Crippen LogP contribution < -0.4 is 14.2 Å². The van der Waals surface area contributed by atoms with E-state index < -0.39 is 0 Å². The molecule has 9 heteroatoms. The van der Waals surface area contributed by atoms with Crippen LogP contribution in [0, 0.1) is 12.8 Å². The molecule has 1 saturated heterocycles. The normalized spacial score (nSPS) is 15.0. The van der Waals surface area contributed by atoms with Gasteiger partial charge in [-0.1, -0.05) is 29.8 Å². The third kappa shape index (κ3) is 4.95. The van der Waals surface area contributed by atoms with E-state index in [2.05, 4.69) is 9.97 Å². The maximum atomic E-state index is 13.5. The van der Waals surface area contributed by atoms with E-state index in [1.807, 2.05) is 31.2 Å². The van der Waals surface area contributed by atoms with Gasteiger partial charge in [0.25, 0.3) is 5.91 Å². The molecule has 9 nitrogen and oxygen atoms in total. The fourth-order valence-corrected chi connectivity index (χ4v) is 4.23. The molecule has 1 amide bonds. The lowest BCUT2D eigenvalue weighted by Crippen LogP contribution is -2.40. The summed E-state index contributed by atoms with van der Waals surface area (Å²) in [6.45, 7) is 5.17. The van der Waals surface area contributed by atoms with Crippen molar-refractivity contribution in [2.24, 2.45) is 5.92 Å². The molecule has 0 radical (unpaired) electrons. The van der Waals surface area contributed by atoms with Gasteiger partial charge in [-0.15, -0.1) is 0 Å². The van der Waals surface area contributed by atoms with Crippen molar-refractivity contribution in [2.75, 3.05) is 26.5 Å². The van der Waals surface area contributed by atoms with E-state index in [1.54, 1.807) is 30.0 Å². The molecule has 186 valence electrons. The number of hydrogen-bond acceptors (Lipinski definition) is 8. The van der Waals surface area contributed by atoms with E-state index in [0.717, 1.165) is 11.1 Å². The molecule has 0 saturated carbocycles. The zero-order valence-electron chi connectivity index (χ0n) is 20.2. The van der Waals surface area contributed by atoms with Crippen molar-refractivity contribution in [3.8, 4) is 34.5 Å². The average molecular weight is 490 g/mol. The van der Waals surface area contributed by atoms with E-state index >= 15 is 0 Å². The average Bonchev–Trinajstić information content (AvgIpc) is 3.37. The number of benzene rings is 2. The Morgan fingerprint density at radius 1 is 1.06 bits per heavy atom. The van der Waals surface area contributed by atoms with Crippen LogP contribution in [-0.4, -0.2) is 53.2 Å². The molecule has 0 spiro atoms. The topological polar surface area (TPSA) is 100 Å². The van der Waals surface area contributed by atoms with Crippen LogP contribution in [0.3, 0.4) is 0 Å². The number of esters is 1. The zero-order valence-corrected chi connectivity index (χ0v) is 20.2. The summed E-state index contributed by atoms with van der Waals surface area (Å²) in [6, 6.07) is 13.0. The van der Waals surface area contributed by atoms with E-state index in [4.69, 9.17) is 18.9 Å². The molecule has 1 fully saturated rings. The van der Waals surface area contributed by atoms with E-state index in [1.165, 1.54) is 6.20 Å². The van der Waals surface area contributed by atoms with Gasteiger partial charge in [-0.25, -0.2) is 4.98 Å². The lowest BCUT2D eigenvalue weighted by molar-refractivity contribution is -0.149. The summed E-state index contributed by atoms with van der Waals surface area (Å²) < 4.78 is 22.1. The summed E-state index contributed by atoms with van der Waals surface area (Å²) in [4.78, 5) is 36.4. The van der Waals surface area contributed by atoms with E-state index in [-0.39, 0.29) is 36.0 Å². The Balaban J connectivity index is 1.42. The van der Waals surface area contributed by atoms with Crippen LogP contribution in [-0.2, 0) is 9.53 Å². The number of carbonyl (C=O) groups is 2. The standard InChI is InChI=1S/C27H27N3O6/c1-3-33-27(32)19-10-12-30(13-11-19)26(31)21-15-28-24(18-6-4-17(2)5-7-18)29-25(21)36-20-8-9-22-23(14-20)35-16-34-22/h4-9,14-15,19H,3,10-13,16H2,1-2H3. The lowest BCUT2D eigenvalue weighted by Gasteiger charge is -2.31. The van der Waals surface area contributed by atoms with Crippen molar-refractivity contribution < 1.29 is 28.5 Å². The molecule has 3 heterocycles. The summed E-state index contributed by atoms with van der Waals surface area (Å²) in [5, 5.41) is 0. The largest absolute Gasteiger partial charge is 0.466 e. The molecule has 0 unspecified atom stereocenters. The molecule has 2 aliphatic rings. The number of aryl methyl sites for hydroxylation is 1. The van der Waals surface area contributed by atoms with Crippen molar-refractivity contribution in [2.45, 2.75) is 26.7 Å². The molecule has 1 aromatic heterocycles. The fourth-order valence-electron chi connectivity index (χ4n) is 4.23. The summed E-state index contributed by atoms with van der Waals surface area (Å²) in [7, 11) is 0. The minimum absolute atomic E-state index is 0.148. The minimum atomic E-state index is -0.247. The predicted molar refractivity (Wildman–Crippen MR) is 130 cm³/mol. The second kappa shape index (κ2) is 10.2. The first-order chi connectivity index (χ1) is 17.5. The van der Waals surface area contributed by atoms with Crippen molar-refractivity contribution in [3.63, 3.8) is 0 Å². The predicted octanol–water partition coefficient (Wildman–Crippen LogP) is 4.39. The number of aromatic nitrogens is 2. The lowest BCUT2D eigenvalue weighted by atomic mass is 9.96. The summed E-state index contributed by atoms with van der Waals surface area (Å²) >= 11 is 0. The van der Waals surface area contributed by atoms with Gasteiger partial charge in [0.15, 0.2) is 17.3 Å². The highest BCUT2D eigenvalue weighted by molar-refractivity contribution is 5.96. The monoisotopic (exact) mass is 489 g/mol. The van der Waals surface area contributed by atoms with Gasteiger partial charge in [-0.3, -0.25) is 9.59 Å². The third-order valence-electron chi connectivity index (χ3n) is 6.25. The maximum absolute atomic E-state index is 13.5. The van der Waals surface area contributed by atoms with Gasteiger partial charge in [0.2, 0.25) is 12.7 Å². The van der Waals surface area contributed by atoms with E-state index in [0.29, 0.717) is 55.6 Å². The SMILES string of the molecule is CCOC(=O)C1CCN(C(=O)c2cnc(-c3ccc(C)cc3)nc2Oc2ccc3c(c2)OCO3)CC1. The first-order valence-electron chi connectivity index (χ1n) is 12.0. The van der Waals surface area contributed by atoms with Gasteiger partial charge in [0, 0.05) is 30.9 Å². The molecule has 0 atom stereocenters. The molecule has 3 aromatic rings. The van der Waals surface area contributed by atoms with Crippen molar-refractivity contribution >= 4 is 11.9 Å². The number of fused-ring (bicyclic) bond motifs is 1. The Kier molecular flexibility index (Phi) is 6.71. The Morgan fingerprint density at radius 2 is 1.81 bits per heavy atom. The number of amides is 1. The van der Waals surface area contributed by atoms with Gasteiger partial charge in [0.05, 0.1) is 12.5 Å². The van der Waals surface area contributed by atoms with E-state index in [9.17, 15) is 9.59 Å². The fraction of sp³-hybridized carbons (Fsp3) is 0.333. The molecule has 2 aromatic carbocycles. The van der Waals surface area contributed by atoms with Crippen LogP contribution in [0.1, 0.15) is 35.7 Å². The summed E-state index contributed by atoms with van der Waals surface area (Å²) in [5.41, 5.74) is 2.18. The van der Waals surface area contributed by atoms with Crippen LogP contribution in [0.5, 0.6) is 23.1 Å². The highest BCUT2D eigenvalue weighted by Gasteiger charge is 2.31. The number of nitrogens with zero attached hydrogens (tertiary/aromatic N) is 3. The van der Waals surface area contributed by atoms with Crippen LogP contribution in [0.4, 0.5) is 0 Å². The molecule has 0 N–H and O–H groups in total.